The van der Waals surface area contributed by atoms with Crippen molar-refractivity contribution in [2.24, 2.45) is 5.16 Å². The van der Waals surface area contributed by atoms with Crippen LogP contribution >= 0.6 is 46.3 Å². The molecule has 2 aliphatic heterocycles. The lowest BCUT2D eigenvalue weighted by atomic mass is 10.0. The van der Waals surface area contributed by atoms with Gasteiger partial charge in [0, 0.05) is 22.8 Å². The second-order valence-corrected chi connectivity index (χ2v) is 11.4. The fourth-order valence-electron chi connectivity index (χ4n) is 4.07. The highest BCUT2D eigenvalue weighted by atomic mass is 35.5. The average molecular weight is 653 g/mol. The third-order valence-corrected chi connectivity index (χ3v) is 8.72. The fourth-order valence-corrected chi connectivity index (χ4v) is 6.40. The van der Waals surface area contributed by atoms with Crippen molar-refractivity contribution in [1.82, 2.24) is 20.4 Å². The number of phenolic OH excluding ortho intramolecular Hbond substituents is 2. The molecule has 1 fully saturated rings. The number of carbonyl (C=O) groups excluding carboxylic acids is 2. The normalized spacial score (nSPS) is 18.4. The van der Waals surface area contributed by atoms with E-state index in [1.165, 1.54) is 35.4 Å². The van der Waals surface area contributed by atoms with E-state index in [1.807, 2.05) is 0 Å². The zero-order valence-corrected chi connectivity index (χ0v) is 24.1. The van der Waals surface area contributed by atoms with Crippen molar-refractivity contribution < 1.29 is 39.1 Å². The van der Waals surface area contributed by atoms with Gasteiger partial charge in [-0.15, -0.1) is 23.1 Å². The lowest BCUT2D eigenvalue weighted by molar-refractivity contribution is -0.150. The number of nitrogens with zero attached hydrogens (tertiary/aromatic N) is 4. The summed E-state index contributed by atoms with van der Waals surface area (Å²) in [5, 5.41) is 40.2. The number of amides is 2. The number of thioether (sulfide) groups is 1. The van der Waals surface area contributed by atoms with E-state index in [2.05, 4.69) is 27.2 Å². The number of aromatic nitrogens is 2. The topological polar surface area (TPSA) is 214 Å². The Morgan fingerprint density at radius 1 is 1.33 bits per heavy atom. The summed E-state index contributed by atoms with van der Waals surface area (Å²) in [4.78, 5) is 48.4. The number of halogens is 2. The van der Waals surface area contributed by atoms with E-state index in [9.17, 15) is 29.7 Å². The van der Waals surface area contributed by atoms with Crippen LogP contribution in [0.5, 0.6) is 11.5 Å². The van der Waals surface area contributed by atoms with Crippen molar-refractivity contribution in [2.45, 2.75) is 18.0 Å². The van der Waals surface area contributed by atoms with Crippen LogP contribution in [0, 0.1) is 0 Å². The van der Waals surface area contributed by atoms with Gasteiger partial charge >= 0.3 is 5.97 Å². The molecule has 6 N–H and O–H groups in total. The molecule has 3 aromatic rings. The van der Waals surface area contributed by atoms with E-state index in [1.54, 1.807) is 0 Å². The molecule has 1 saturated heterocycles. The van der Waals surface area contributed by atoms with E-state index in [0.29, 0.717) is 11.3 Å². The molecule has 0 aliphatic carbocycles. The molecule has 14 nitrogen and oxygen atoms in total. The molecular formula is C24H18Cl2N6O8S2. The molecule has 1 aromatic carbocycles. The van der Waals surface area contributed by atoms with Crippen LogP contribution in [0.4, 0.5) is 5.13 Å². The number of β-lactam (4-membered cyclic amide) rings is 1. The molecule has 2 atom stereocenters. The number of fused-ring (bicyclic) bond motifs is 1. The number of oxime groups is 1. The Labute approximate surface area is 254 Å². The number of nitrogen functional groups attached to an aromatic ring is 1. The maximum Gasteiger partial charge on any atom is 0.352 e. The van der Waals surface area contributed by atoms with Crippen LogP contribution in [0.1, 0.15) is 11.5 Å². The summed E-state index contributed by atoms with van der Waals surface area (Å²) in [6.07, 6.45) is 1.39. The van der Waals surface area contributed by atoms with Gasteiger partial charge in [-0.2, -0.15) is 0 Å². The number of allylic oxidation sites excluding steroid dienone is 1. The SMILES string of the molecule is C=CC1=C(C(=O)O)N2C(=O)[C@@H](NC(=O)/C(=N\OCc3cc(-c4cc(Cl)c(O)c(O)c4Cl)no3)c3csc(N)n3)[C@H]2SC1. The first-order valence-corrected chi connectivity index (χ1v) is 14.3. The Morgan fingerprint density at radius 3 is 2.76 bits per heavy atom. The number of benzene rings is 1. The maximum atomic E-state index is 13.2. The highest BCUT2D eigenvalue weighted by Crippen LogP contribution is 2.45. The molecule has 5 rings (SSSR count). The Kier molecular flexibility index (Phi) is 8.05. The molecule has 2 aliphatic rings. The Balaban J connectivity index is 1.32. The lowest BCUT2D eigenvalue weighted by Gasteiger charge is -2.49. The summed E-state index contributed by atoms with van der Waals surface area (Å²) in [6, 6.07) is 1.67. The monoisotopic (exact) mass is 652 g/mol. The number of aromatic hydroxyl groups is 2. The zero-order valence-electron chi connectivity index (χ0n) is 20.9. The Hall–Kier alpha value is -4.25. The van der Waals surface area contributed by atoms with Crippen LogP contribution in [0.3, 0.4) is 0 Å². The number of hydrogen-bond donors (Lipinski definition) is 5. The van der Waals surface area contributed by atoms with Crippen LogP contribution < -0.4 is 11.1 Å². The summed E-state index contributed by atoms with van der Waals surface area (Å²) in [6.45, 7) is 3.29. The van der Waals surface area contributed by atoms with E-state index in [4.69, 9.17) is 38.3 Å². The Morgan fingerprint density at radius 2 is 2.10 bits per heavy atom. The second kappa shape index (κ2) is 11.6. The van der Waals surface area contributed by atoms with Crippen LogP contribution in [-0.4, -0.2) is 71.0 Å². The number of carbonyl (C=O) groups is 3. The van der Waals surface area contributed by atoms with Gasteiger partial charge in [-0.05, 0) is 11.6 Å². The predicted octanol–water partition coefficient (Wildman–Crippen LogP) is 2.94. The number of rotatable bonds is 9. The van der Waals surface area contributed by atoms with Crippen molar-refractivity contribution in [3.8, 4) is 22.8 Å². The molecule has 0 spiro atoms. The van der Waals surface area contributed by atoms with Crippen LogP contribution in [-0.2, 0) is 25.8 Å². The second-order valence-electron chi connectivity index (χ2n) is 8.62. The van der Waals surface area contributed by atoms with Gasteiger partial charge < -0.3 is 35.7 Å². The van der Waals surface area contributed by atoms with Gasteiger partial charge in [0.2, 0.25) is 0 Å². The molecule has 0 bridgehead atoms. The van der Waals surface area contributed by atoms with Crippen molar-refractivity contribution >= 4 is 74.9 Å². The van der Waals surface area contributed by atoms with Gasteiger partial charge in [-0.3, -0.25) is 14.5 Å². The minimum Gasteiger partial charge on any atom is -0.503 e. The van der Waals surface area contributed by atoms with E-state index in [-0.39, 0.29) is 55.9 Å². The molecule has 218 valence electrons. The number of nitrogens with two attached hydrogens (primary N) is 1. The molecule has 2 amide bonds. The summed E-state index contributed by atoms with van der Waals surface area (Å²) in [7, 11) is 0. The summed E-state index contributed by atoms with van der Waals surface area (Å²) in [5.41, 5.74) is 6.07. The van der Waals surface area contributed by atoms with Crippen LogP contribution in [0.2, 0.25) is 10.0 Å². The number of anilines is 1. The van der Waals surface area contributed by atoms with Crippen molar-refractivity contribution in [1.29, 1.82) is 0 Å². The largest absolute Gasteiger partial charge is 0.503 e. The standard InChI is InChI=1S/C24H18Cl2N6O8S2/c1-2-8-6-41-22-16(21(36)32(22)17(8)23(37)38)29-20(35)15(13-7-42-24(27)28-13)31-39-5-9-3-12(30-40-9)10-4-11(25)18(33)19(34)14(10)26/h2-4,7,16,22,33-34H,1,5-6H2,(H2,27,28)(H,29,35)(H,37,38)/b31-15-/t16-,22-/m1/s1. The van der Waals surface area contributed by atoms with Crippen molar-refractivity contribution in [3.63, 3.8) is 0 Å². The van der Waals surface area contributed by atoms with Gasteiger partial charge in [0.05, 0.1) is 10.0 Å². The van der Waals surface area contributed by atoms with Crippen LogP contribution in [0.15, 0.2) is 51.1 Å². The molecule has 2 aromatic heterocycles. The lowest BCUT2D eigenvalue weighted by Crippen LogP contribution is -2.71. The average Bonchev–Trinajstić information content (AvgIpc) is 3.62. The number of phenols is 2. The smallest absolute Gasteiger partial charge is 0.352 e. The van der Waals surface area contributed by atoms with Crippen molar-refractivity contribution in [3.05, 3.63) is 62.9 Å². The van der Waals surface area contributed by atoms with E-state index >= 15 is 0 Å². The minimum absolute atomic E-state index is 0.0780. The number of hydrogen-bond acceptors (Lipinski definition) is 13. The molecule has 42 heavy (non-hydrogen) atoms. The number of thiazole rings is 1. The van der Waals surface area contributed by atoms with Crippen LogP contribution in [0.25, 0.3) is 11.3 Å². The molecule has 0 radical (unpaired) electrons. The highest BCUT2D eigenvalue weighted by Gasteiger charge is 2.54. The van der Waals surface area contributed by atoms with Gasteiger partial charge in [-0.1, -0.05) is 46.2 Å². The molecule has 0 unspecified atom stereocenters. The molecule has 4 heterocycles. The fraction of sp³-hybridized carbons (Fsp3) is 0.167. The first-order valence-electron chi connectivity index (χ1n) is 11.6. The number of nitrogens with one attached hydrogen (secondary N) is 1. The van der Waals surface area contributed by atoms with Gasteiger partial charge in [0.25, 0.3) is 11.8 Å². The third kappa shape index (κ3) is 5.24. The maximum absolute atomic E-state index is 13.2. The number of aliphatic carboxylic acids is 1. The first-order chi connectivity index (χ1) is 20.0. The summed E-state index contributed by atoms with van der Waals surface area (Å²) in [5.74, 6) is -3.47. The molecular weight excluding hydrogens is 635 g/mol. The Bertz CT molecular complexity index is 1700. The molecule has 0 saturated carbocycles. The number of carboxylic acid groups (broad SMARTS) is 1. The highest BCUT2D eigenvalue weighted by molar-refractivity contribution is 8.00. The summed E-state index contributed by atoms with van der Waals surface area (Å²) < 4.78 is 5.21. The van der Waals surface area contributed by atoms with Gasteiger partial charge in [-0.25, -0.2) is 9.78 Å². The number of carboxylic acids is 1. The molecule has 18 heteroatoms. The zero-order chi connectivity index (χ0) is 30.3. The quantitative estimate of drug-likeness (QED) is 0.0976. The predicted molar refractivity (Wildman–Crippen MR) is 153 cm³/mol. The van der Waals surface area contributed by atoms with Gasteiger partial charge in [0.15, 0.2) is 34.7 Å². The summed E-state index contributed by atoms with van der Waals surface area (Å²) >= 11 is 14.3. The minimum atomic E-state index is -1.27. The van der Waals surface area contributed by atoms with Gasteiger partial charge in [0.1, 0.15) is 28.5 Å². The van der Waals surface area contributed by atoms with Crippen molar-refractivity contribution in [2.75, 3.05) is 11.5 Å². The van der Waals surface area contributed by atoms with E-state index < -0.39 is 40.7 Å². The third-order valence-electron chi connectivity index (χ3n) is 6.08. The van der Waals surface area contributed by atoms with E-state index in [0.717, 1.165) is 16.2 Å². The first kappa shape index (κ1) is 29.2.